The molecule has 8 nitrogen and oxygen atoms in total. The number of benzene rings is 3. The molecule has 3 aromatic carbocycles. The minimum Gasteiger partial charge on any atom is -0.542 e. The number of alkyl halides is 3. The molecule has 1 atom stereocenters. The van der Waals surface area contributed by atoms with Crippen molar-refractivity contribution in [2.24, 2.45) is 5.92 Å². The van der Waals surface area contributed by atoms with Gasteiger partial charge in [0.2, 0.25) is 5.60 Å². The molecule has 45 heavy (non-hydrogen) atoms. The molecule has 0 radical (unpaired) electrons. The fraction of sp³-hybridized carbons (Fsp3) is 0.364. The Morgan fingerprint density at radius 3 is 1.91 bits per heavy atom. The molecule has 2 bridgehead atoms. The SMILES string of the molecule is O=C(NCCC[N+]12CCC(CC1)[C@@H](OC(=O)C(O)(c1ccccc1)c1ccccc1)C2)c1ccc(Cl)cc1.O=C([O-])C(F)(F)F. The van der Waals surface area contributed by atoms with Crippen molar-refractivity contribution >= 4 is 29.4 Å². The zero-order valence-corrected chi connectivity index (χ0v) is 25.1. The Bertz CT molecular complexity index is 1410. The van der Waals surface area contributed by atoms with Crippen molar-refractivity contribution in [1.29, 1.82) is 0 Å². The van der Waals surface area contributed by atoms with Crippen molar-refractivity contribution in [2.45, 2.75) is 37.1 Å². The Balaban J connectivity index is 0.000000591. The molecular weight excluding hydrogens is 613 g/mol. The quantitative estimate of drug-likeness (QED) is 0.207. The van der Waals surface area contributed by atoms with Crippen molar-refractivity contribution in [2.75, 3.05) is 32.7 Å². The van der Waals surface area contributed by atoms with Gasteiger partial charge in [-0.2, -0.15) is 13.2 Å². The number of esters is 1. The smallest absolute Gasteiger partial charge is 0.430 e. The molecule has 3 aromatic rings. The van der Waals surface area contributed by atoms with E-state index in [1.165, 1.54) is 0 Å². The predicted molar refractivity (Wildman–Crippen MR) is 158 cm³/mol. The Kier molecular flexibility index (Phi) is 10.9. The molecule has 12 heteroatoms. The number of halogens is 4. The number of carbonyl (C=O) groups excluding carboxylic acids is 3. The lowest BCUT2D eigenvalue weighted by Crippen LogP contribution is -2.65. The molecule has 3 saturated heterocycles. The van der Waals surface area contributed by atoms with Gasteiger partial charge in [-0.15, -0.1) is 0 Å². The number of piperidine rings is 3. The number of aliphatic carboxylic acids is 1. The van der Waals surface area contributed by atoms with Gasteiger partial charge in [0.25, 0.3) is 5.91 Å². The van der Waals surface area contributed by atoms with E-state index in [4.69, 9.17) is 26.2 Å². The maximum atomic E-state index is 13.7. The van der Waals surface area contributed by atoms with Crippen LogP contribution in [0, 0.1) is 5.92 Å². The van der Waals surface area contributed by atoms with E-state index in [0.29, 0.717) is 34.2 Å². The highest BCUT2D eigenvalue weighted by atomic mass is 35.5. The van der Waals surface area contributed by atoms with Crippen LogP contribution < -0.4 is 10.4 Å². The van der Waals surface area contributed by atoms with Crippen molar-refractivity contribution in [1.82, 2.24) is 5.32 Å². The summed E-state index contributed by atoms with van der Waals surface area (Å²) in [5.41, 5.74) is -0.280. The van der Waals surface area contributed by atoms with E-state index in [1.807, 2.05) is 36.4 Å². The van der Waals surface area contributed by atoms with Crippen LogP contribution in [0.1, 0.15) is 40.7 Å². The first-order valence-corrected chi connectivity index (χ1v) is 14.9. The highest BCUT2D eigenvalue weighted by Gasteiger charge is 2.50. The van der Waals surface area contributed by atoms with E-state index in [0.717, 1.165) is 49.9 Å². The highest BCUT2D eigenvalue weighted by molar-refractivity contribution is 6.30. The summed E-state index contributed by atoms with van der Waals surface area (Å²) in [5, 5.41) is 24.2. The Labute approximate surface area is 264 Å². The van der Waals surface area contributed by atoms with Gasteiger partial charge in [-0.1, -0.05) is 72.3 Å². The van der Waals surface area contributed by atoms with Gasteiger partial charge in [-0.05, 0) is 35.4 Å². The molecule has 3 heterocycles. The molecule has 0 saturated carbocycles. The van der Waals surface area contributed by atoms with Crippen LogP contribution in [0.3, 0.4) is 0 Å². The van der Waals surface area contributed by atoms with Gasteiger partial charge in [0, 0.05) is 42.3 Å². The maximum absolute atomic E-state index is 13.7. The van der Waals surface area contributed by atoms with Crippen molar-refractivity contribution < 1.29 is 47.0 Å². The Morgan fingerprint density at radius 2 is 1.42 bits per heavy atom. The third kappa shape index (κ3) is 8.42. The van der Waals surface area contributed by atoms with Crippen LogP contribution in [0.4, 0.5) is 13.2 Å². The molecule has 0 aromatic heterocycles. The first kappa shape index (κ1) is 34.0. The second-order valence-electron chi connectivity index (χ2n) is 11.3. The maximum Gasteiger partial charge on any atom is 0.430 e. The summed E-state index contributed by atoms with van der Waals surface area (Å²) in [6.07, 6.45) is -2.62. The fourth-order valence-corrected chi connectivity index (χ4v) is 6.10. The number of carboxylic acids is 1. The van der Waals surface area contributed by atoms with Gasteiger partial charge in [-0.3, -0.25) is 4.79 Å². The molecule has 3 aliphatic heterocycles. The van der Waals surface area contributed by atoms with E-state index in [1.54, 1.807) is 48.5 Å². The molecule has 6 rings (SSSR count). The molecule has 0 unspecified atom stereocenters. The van der Waals surface area contributed by atoms with Crippen LogP contribution in [0.5, 0.6) is 0 Å². The minimum atomic E-state index is -5.19. The fourth-order valence-electron chi connectivity index (χ4n) is 5.97. The molecule has 0 spiro atoms. The van der Waals surface area contributed by atoms with E-state index < -0.39 is 23.7 Å². The van der Waals surface area contributed by atoms with Gasteiger partial charge < -0.3 is 29.5 Å². The van der Waals surface area contributed by atoms with E-state index >= 15 is 0 Å². The third-order valence-electron chi connectivity index (χ3n) is 8.41. The second kappa shape index (κ2) is 14.4. The Hall–Kier alpha value is -3.93. The molecule has 3 fully saturated rings. The molecule has 0 aliphatic carbocycles. The zero-order chi connectivity index (χ0) is 32.7. The standard InChI is InChI=1S/C31H33ClN2O4.C2HF3O2/c32-27-14-12-24(13-15-27)29(35)33-18-7-19-34-20-16-23(17-21-34)28(22-34)38-30(36)31(37,25-8-3-1-4-9-25)26-10-5-2-6-11-26;3-2(4,5)1(6)7/h1-6,8-15,23,28,37H,7,16-22H2;(H,6,7)/t23?,28-,34?;/m0./s1. The van der Waals surface area contributed by atoms with Crippen LogP contribution in [0.15, 0.2) is 84.9 Å². The number of carboxylic acid groups (broad SMARTS) is 1. The minimum absolute atomic E-state index is 0.105. The lowest BCUT2D eigenvalue weighted by molar-refractivity contribution is -0.946. The lowest BCUT2D eigenvalue weighted by atomic mass is 9.82. The Morgan fingerprint density at radius 1 is 0.911 bits per heavy atom. The van der Waals surface area contributed by atoms with Gasteiger partial charge in [0.1, 0.15) is 12.5 Å². The number of nitrogens with zero attached hydrogens (tertiary/aromatic N) is 1. The van der Waals surface area contributed by atoms with Gasteiger partial charge in [0.05, 0.1) is 19.6 Å². The first-order chi connectivity index (χ1) is 21.3. The molecular formula is C33H34ClF3N2O6. The average molecular weight is 647 g/mol. The van der Waals surface area contributed by atoms with E-state index in [9.17, 15) is 27.9 Å². The second-order valence-corrected chi connectivity index (χ2v) is 11.8. The summed E-state index contributed by atoms with van der Waals surface area (Å²) in [4.78, 5) is 34.9. The molecule has 240 valence electrons. The number of rotatable bonds is 9. The number of hydrogen-bond donors (Lipinski definition) is 2. The largest absolute Gasteiger partial charge is 0.542 e. The number of fused-ring (bicyclic) bond motifs is 3. The number of hydrogen-bond acceptors (Lipinski definition) is 6. The summed E-state index contributed by atoms with van der Waals surface area (Å²) in [5.74, 6) is -3.43. The van der Waals surface area contributed by atoms with Crippen LogP contribution in [0.25, 0.3) is 0 Å². The molecule has 2 N–H and O–H groups in total. The summed E-state index contributed by atoms with van der Waals surface area (Å²) in [7, 11) is 0. The van der Waals surface area contributed by atoms with Crippen molar-refractivity contribution in [3.8, 4) is 0 Å². The summed E-state index contributed by atoms with van der Waals surface area (Å²) >= 11 is 5.92. The average Bonchev–Trinajstić information content (AvgIpc) is 3.04. The van der Waals surface area contributed by atoms with Crippen molar-refractivity contribution in [3.05, 3.63) is 107 Å². The summed E-state index contributed by atoms with van der Waals surface area (Å²) in [6, 6.07) is 24.9. The number of ether oxygens (including phenoxy) is 1. The summed E-state index contributed by atoms with van der Waals surface area (Å²) < 4.78 is 38.6. The van der Waals surface area contributed by atoms with Crippen LogP contribution in [-0.4, -0.2) is 72.4 Å². The predicted octanol–water partition coefficient (Wildman–Crippen LogP) is 3.85. The topological polar surface area (TPSA) is 116 Å². The summed E-state index contributed by atoms with van der Waals surface area (Å²) in [6.45, 7) is 4.32. The zero-order valence-electron chi connectivity index (χ0n) is 24.3. The van der Waals surface area contributed by atoms with Gasteiger partial charge in [-0.25, -0.2) is 4.79 Å². The van der Waals surface area contributed by atoms with E-state index in [-0.39, 0.29) is 12.0 Å². The first-order valence-electron chi connectivity index (χ1n) is 14.6. The van der Waals surface area contributed by atoms with Crippen LogP contribution >= 0.6 is 11.6 Å². The number of amides is 1. The van der Waals surface area contributed by atoms with E-state index in [2.05, 4.69) is 5.32 Å². The van der Waals surface area contributed by atoms with Crippen LogP contribution in [0.2, 0.25) is 5.02 Å². The third-order valence-corrected chi connectivity index (χ3v) is 8.66. The number of nitrogens with one attached hydrogen (secondary N) is 1. The van der Waals surface area contributed by atoms with Gasteiger partial charge in [0.15, 0.2) is 6.10 Å². The monoisotopic (exact) mass is 646 g/mol. The lowest BCUT2D eigenvalue weighted by Gasteiger charge is -2.52. The molecule has 3 aliphatic rings. The van der Waals surface area contributed by atoms with Crippen LogP contribution in [-0.2, 0) is 19.9 Å². The number of aliphatic hydroxyl groups is 1. The number of carbonyl (C=O) groups is 3. The van der Waals surface area contributed by atoms with Gasteiger partial charge >= 0.3 is 12.1 Å². The molecule has 1 amide bonds. The van der Waals surface area contributed by atoms with Crippen molar-refractivity contribution in [3.63, 3.8) is 0 Å². The number of quaternary nitrogens is 1. The highest BCUT2D eigenvalue weighted by Crippen LogP contribution is 2.38. The normalized spacial score (nSPS) is 20.8.